The Kier molecular flexibility index (Phi) is 3.66. The van der Waals surface area contributed by atoms with E-state index in [0.29, 0.717) is 11.8 Å². The molecule has 0 radical (unpaired) electrons. The van der Waals surface area contributed by atoms with E-state index in [1.165, 1.54) is 36.2 Å². The van der Waals surface area contributed by atoms with Gasteiger partial charge >= 0.3 is 0 Å². The first-order valence-corrected chi connectivity index (χ1v) is 9.69. The highest BCUT2D eigenvalue weighted by Crippen LogP contribution is 2.57. The fourth-order valence-electron chi connectivity index (χ4n) is 5.54. The van der Waals surface area contributed by atoms with Gasteiger partial charge in [-0.2, -0.15) is 5.26 Å². The third kappa shape index (κ3) is 2.11. The molecule has 1 aromatic carbocycles. The summed E-state index contributed by atoms with van der Waals surface area (Å²) in [5, 5.41) is 13.5. The second kappa shape index (κ2) is 5.97. The first-order valence-electron chi connectivity index (χ1n) is 9.69. The third-order valence-corrected chi connectivity index (χ3v) is 6.57. The number of piperazine rings is 1. The van der Waals surface area contributed by atoms with Gasteiger partial charge in [-0.1, -0.05) is 19.6 Å². The Balaban J connectivity index is 0.00000160. The fraction of sp³-hybridized carbons (Fsp3) is 0.455. The van der Waals surface area contributed by atoms with Crippen LogP contribution in [-0.4, -0.2) is 35.6 Å². The Labute approximate surface area is 159 Å². The Morgan fingerprint density at radius 3 is 2.59 bits per heavy atom. The van der Waals surface area contributed by atoms with Crippen LogP contribution in [0.1, 0.15) is 55.2 Å². The number of hydrogen-bond donors (Lipinski definition) is 1. The molecule has 1 saturated carbocycles. The highest BCUT2D eigenvalue weighted by molar-refractivity contribution is 5.87. The van der Waals surface area contributed by atoms with Crippen LogP contribution in [0.5, 0.6) is 0 Å². The van der Waals surface area contributed by atoms with E-state index in [4.69, 9.17) is 4.98 Å². The quantitative estimate of drug-likeness (QED) is 0.719. The van der Waals surface area contributed by atoms with Gasteiger partial charge in [0.15, 0.2) is 5.65 Å². The van der Waals surface area contributed by atoms with E-state index in [-0.39, 0.29) is 7.43 Å². The number of benzene rings is 1. The maximum Gasteiger partial charge on any atom is 0.157 e. The molecule has 2 aromatic heterocycles. The van der Waals surface area contributed by atoms with Crippen molar-refractivity contribution < 1.29 is 0 Å². The number of fused-ring (bicyclic) bond motifs is 8. The molecule has 2 unspecified atom stereocenters. The van der Waals surface area contributed by atoms with Crippen LogP contribution in [0.15, 0.2) is 24.3 Å². The molecule has 6 rings (SSSR count). The molecule has 1 aliphatic heterocycles. The van der Waals surface area contributed by atoms with Gasteiger partial charge in [0.25, 0.3) is 0 Å². The lowest BCUT2D eigenvalue weighted by Gasteiger charge is -2.34. The maximum absolute atomic E-state index is 10.0. The number of nitriles is 1. The predicted molar refractivity (Wildman–Crippen MR) is 109 cm³/mol. The number of anilines is 1. The number of rotatable bonds is 1. The SMILES string of the molecule is C.N#Cc1c2c(c(N3CCNCC3)n3c1nc1ccccc13)C1CCC2C1. The fourth-order valence-corrected chi connectivity index (χ4v) is 5.54. The summed E-state index contributed by atoms with van der Waals surface area (Å²) in [6.07, 6.45) is 3.71. The van der Waals surface area contributed by atoms with Crippen LogP contribution in [0.3, 0.4) is 0 Å². The number of aromatic nitrogens is 2. The van der Waals surface area contributed by atoms with E-state index in [1.807, 2.05) is 6.07 Å². The summed E-state index contributed by atoms with van der Waals surface area (Å²) >= 11 is 0. The van der Waals surface area contributed by atoms with Crippen molar-refractivity contribution in [3.05, 3.63) is 41.0 Å². The Morgan fingerprint density at radius 1 is 1.07 bits per heavy atom. The molecule has 2 bridgehead atoms. The van der Waals surface area contributed by atoms with Gasteiger partial charge in [-0.15, -0.1) is 0 Å². The van der Waals surface area contributed by atoms with E-state index in [9.17, 15) is 5.26 Å². The Hall–Kier alpha value is -2.58. The van der Waals surface area contributed by atoms with Crippen LogP contribution in [0.4, 0.5) is 5.82 Å². The van der Waals surface area contributed by atoms with Crippen molar-refractivity contribution in [2.45, 2.75) is 38.5 Å². The van der Waals surface area contributed by atoms with Crippen molar-refractivity contribution in [2.24, 2.45) is 0 Å². The maximum atomic E-state index is 10.0. The van der Waals surface area contributed by atoms with E-state index in [0.717, 1.165) is 48.4 Å². The second-order valence-corrected chi connectivity index (χ2v) is 7.84. The lowest BCUT2D eigenvalue weighted by molar-refractivity contribution is 0.578. The molecule has 5 heteroatoms. The molecule has 1 saturated heterocycles. The summed E-state index contributed by atoms with van der Waals surface area (Å²) in [5.41, 5.74) is 6.56. The van der Waals surface area contributed by atoms with Crippen molar-refractivity contribution in [1.82, 2.24) is 14.7 Å². The number of nitrogens with one attached hydrogen (secondary N) is 1. The molecule has 0 spiro atoms. The third-order valence-electron chi connectivity index (χ3n) is 6.57. The smallest absolute Gasteiger partial charge is 0.157 e. The summed E-state index contributed by atoms with van der Waals surface area (Å²) in [4.78, 5) is 7.43. The Bertz CT molecular complexity index is 1080. The average Bonchev–Trinajstić information content (AvgIpc) is 3.40. The summed E-state index contributed by atoms with van der Waals surface area (Å²) in [6, 6.07) is 10.8. The van der Waals surface area contributed by atoms with Crippen molar-refractivity contribution in [3.63, 3.8) is 0 Å². The standard InChI is InChI=1S/C21H21N5.CH4/c22-12-15-18-13-5-6-14(11-13)19(18)21(25-9-7-23-8-10-25)26-17-4-2-1-3-16(17)24-20(15)26;/h1-4,13-14,23H,5-11H2;1H4. The summed E-state index contributed by atoms with van der Waals surface area (Å²) < 4.78 is 2.29. The van der Waals surface area contributed by atoms with Crippen LogP contribution in [0, 0.1) is 11.3 Å². The molecule has 0 amide bonds. The van der Waals surface area contributed by atoms with Gasteiger partial charge in [-0.05, 0) is 48.8 Å². The van der Waals surface area contributed by atoms with Gasteiger partial charge in [0.1, 0.15) is 11.9 Å². The minimum atomic E-state index is 0. The van der Waals surface area contributed by atoms with Gasteiger partial charge in [-0.3, -0.25) is 4.40 Å². The zero-order valence-corrected chi connectivity index (χ0v) is 14.7. The lowest BCUT2D eigenvalue weighted by atomic mass is 9.88. The zero-order chi connectivity index (χ0) is 17.3. The highest BCUT2D eigenvalue weighted by atomic mass is 15.3. The van der Waals surface area contributed by atoms with Crippen molar-refractivity contribution in [1.29, 1.82) is 5.26 Å². The van der Waals surface area contributed by atoms with Crippen LogP contribution in [0.25, 0.3) is 16.7 Å². The van der Waals surface area contributed by atoms with Crippen molar-refractivity contribution in [2.75, 3.05) is 31.1 Å². The predicted octanol–water partition coefficient (Wildman–Crippen LogP) is 3.77. The van der Waals surface area contributed by atoms with Crippen molar-refractivity contribution >= 4 is 22.5 Å². The van der Waals surface area contributed by atoms with E-state index >= 15 is 0 Å². The van der Waals surface area contributed by atoms with E-state index < -0.39 is 0 Å². The zero-order valence-electron chi connectivity index (χ0n) is 14.7. The number of hydrogen-bond acceptors (Lipinski definition) is 4. The molecule has 2 aliphatic carbocycles. The summed E-state index contributed by atoms with van der Waals surface area (Å²) in [7, 11) is 0. The topological polar surface area (TPSA) is 56.4 Å². The molecular formula is C22H25N5. The molecule has 2 atom stereocenters. The normalized spacial score (nSPS) is 23.4. The molecule has 2 fully saturated rings. The molecule has 1 N–H and O–H groups in total. The number of para-hydroxylation sites is 2. The first kappa shape index (κ1) is 16.6. The van der Waals surface area contributed by atoms with Gasteiger partial charge in [0.2, 0.25) is 0 Å². The lowest BCUT2D eigenvalue weighted by Crippen LogP contribution is -2.44. The summed E-state index contributed by atoms with van der Waals surface area (Å²) in [6.45, 7) is 4.04. The minimum absolute atomic E-state index is 0. The molecular weight excluding hydrogens is 334 g/mol. The Morgan fingerprint density at radius 2 is 1.81 bits per heavy atom. The van der Waals surface area contributed by atoms with Gasteiger partial charge in [0, 0.05) is 31.7 Å². The van der Waals surface area contributed by atoms with Crippen molar-refractivity contribution in [3.8, 4) is 6.07 Å². The van der Waals surface area contributed by atoms with Gasteiger partial charge in [-0.25, -0.2) is 4.98 Å². The number of pyridine rings is 1. The van der Waals surface area contributed by atoms with Gasteiger partial charge in [0.05, 0.1) is 16.6 Å². The average molecular weight is 359 g/mol. The number of nitrogens with zero attached hydrogens (tertiary/aromatic N) is 4. The molecule has 3 aliphatic rings. The number of imidazole rings is 1. The molecule has 27 heavy (non-hydrogen) atoms. The van der Waals surface area contributed by atoms with Crippen LogP contribution < -0.4 is 10.2 Å². The van der Waals surface area contributed by atoms with Crippen LogP contribution in [-0.2, 0) is 0 Å². The monoisotopic (exact) mass is 359 g/mol. The van der Waals surface area contributed by atoms with Crippen LogP contribution in [0.2, 0.25) is 0 Å². The molecule has 3 heterocycles. The summed E-state index contributed by atoms with van der Waals surface area (Å²) in [5.74, 6) is 2.48. The van der Waals surface area contributed by atoms with E-state index in [2.05, 4.69) is 38.9 Å². The highest BCUT2D eigenvalue weighted by Gasteiger charge is 2.43. The van der Waals surface area contributed by atoms with Crippen LogP contribution >= 0.6 is 0 Å². The first-order chi connectivity index (χ1) is 12.9. The second-order valence-electron chi connectivity index (χ2n) is 7.84. The van der Waals surface area contributed by atoms with E-state index in [1.54, 1.807) is 0 Å². The molecule has 5 nitrogen and oxygen atoms in total. The minimum Gasteiger partial charge on any atom is -0.355 e. The largest absolute Gasteiger partial charge is 0.355 e. The van der Waals surface area contributed by atoms with Gasteiger partial charge < -0.3 is 10.2 Å². The molecule has 138 valence electrons. The molecule has 3 aromatic rings.